The lowest BCUT2D eigenvalue weighted by Crippen LogP contribution is -2.26. The highest BCUT2D eigenvalue weighted by atomic mass is 79.9. The van der Waals surface area contributed by atoms with Crippen LogP contribution in [0.25, 0.3) is 0 Å². The zero-order chi connectivity index (χ0) is 18.0. The summed E-state index contributed by atoms with van der Waals surface area (Å²) in [6.45, 7) is 1.86. The molecule has 0 spiro atoms. The number of carbonyl (C=O) groups excluding carboxylic acids is 1. The van der Waals surface area contributed by atoms with Crippen molar-refractivity contribution in [3.05, 3.63) is 51.4 Å². The maximum absolute atomic E-state index is 12.7. The van der Waals surface area contributed by atoms with E-state index in [-0.39, 0.29) is 11.0 Å². The summed E-state index contributed by atoms with van der Waals surface area (Å²) in [5.41, 5.74) is 11.2. The Balaban J connectivity index is 1.92. The molecule has 0 bridgehead atoms. The largest absolute Gasteiger partial charge is 0.455 e. The molecule has 0 unspecified atom stereocenters. The van der Waals surface area contributed by atoms with Crippen molar-refractivity contribution in [2.75, 3.05) is 5.32 Å². The molecule has 6 nitrogen and oxygen atoms in total. The van der Waals surface area contributed by atoms with Gasteiger partial charge in [0, 0.05) is 22.0 Å². The number of nitrogens with zero attached hydrogens (tertiary/aromatic N) is 1. The first kappa shape index (κ1) is 17.6. The van der Waals surface area contributed by atoms with E-state index in [0.717, 1.165) is 46.3 Å². The number of aryl methyl sites for hydroxylation is 1. The number of rotatable bonds is 3. The quantitative estimate of drug-likeness (QED) is 0.521. The van der Waals surface area contributed by atoms with Crippen molar-refractivity contribution in [1.29, 1.82) is 0 Å². The number of fused-ring (bicyclic) bond motifs is 1. The number of benzene rings is 1. The van der Waals surface area contributed by atoms with Gasteiger partial charge in [0.2, 0.25) is 0 Å². The van der Waals surface area contributed by atoms with Gasteiger partial charge in [0.05, 0.1) is 11.4 Å². The maximum Gasteiger partial charge on any atom is 0.291 e. The Morgan fingerprint density at radius 3 is 2.84 bits per heavy atom. The number of thiocarbonyl (C=S) groups is 1. The third kappa shape index (κ3) is 3.74. The standard InChI is InChI=1S/C17H17BrN4O2S/c1-9-14-12(21-22-17(19)25)7-4-8-13(14)24-15(9)16(23)20-11-6-3-2-5-10(11)18/h2-3,5-6H,4,7-8H2,1H3,(H,20,23)(H3,19,22,25)/b21-12+. The lowest BCUT2D eigenvalue weighted by Gasteiger charge is -2.13. The van der Waals surface area contributed by atoms with Gasteiger partial charge in [-0.05, 0) is 60.0 Å². The van der Waals surface area contributed by atoms with Crippen molar-refractivity contribution >= 4 is 50.6 Å². The van der Waals surface area contributed by atoms with Crippen molar-refractivity contribution in [2.24, 2.45) is 10.8 Å². The fourth-order valence-electron chi connectivity index (χ4n) is 2.86. The number of para-hydroxylation sites is 1. The van der Waals surface area contributed by atoms with Crippen LogP contribution in [0.15, 0.2) is 38.3 Å². The van der Waals surface area contributed by atoms with Crippen LogP contribution in [0.1, 0.15) is 40.3 Å². The van der Waals surface area contributed by atoms with E-state index in [4.69, 9.17) is 22.4 Å². The number of nitrogens with two attached hydrogens (primary N) is 1. The van der Waals surface area contributed by atoms with Gasteiger partial charge in [0.1, 0.15) is 5.76 Å². The van der Waals surface area contributed by atoms with Crippen LogP contribution >= 0.6 is 28.1 Å². The second-order valence-electron chi connectivity index (χ2n) is 5.68. The summed E-state index contributed by atoms with van der Waals surface area (Å²) in [6.07, 6.45) is 2.43. The second-order valence-corrected chi connectivity index (χ2v) is 6.97. The molecule has 0 atom stereocenters. The molecule has 4 N–H and O–H groups in total. The van der Waals surface area contributed by atoms with Crippen molar-refractivity contribution in [3.8, 4) is 0 Å². The minimum atomic E-state index is -0.291. The van der Waals surface area contributed by atoms with Gasteiger partial charge in [-0.2, -0.15) is 5.10 Å². The molecule has 8 heteroatoms. The molecule has 130 valence electrons. The molecule has 0 radical (unpaired) electrons. The van der Waals surface area contributed by atoms with Crippen LogP contribution < -0.4 is 16.5 Å². The highest BCUT2D eigenvalue weighted by Crippen LogP contribution is 2.31. The topological polar surface area (TPSA) is 92.6 Å². The van der Waals surface area contributed by atoms with E-state index in [9.17, 15) is 4.79 Å². The number of hydrogen-bond acceptors (Lipinski definition) is 4. The summed E-state index contributed by atoms with van der Waals surface area (Å²) >= 11 is 8.21. The molecule has 1 aliphatic carbocycles. The molecule has 0 saturated carbocycles. The number of anilines is 1. The number of nitrogens with one attached hydrogen (secondary N) is 2. The molecular weight excluding hydrogens is 404 g/mol. The molecule has 1 amide bonds. The van der Waals surface area contributed by atoms with Crippen LogP contribution in [0.3, 0.4) is 0 Å². The third-order valence-electron chi connectivity index (χ3n) is 3.96. The van der Waals surface area contributed by atoms with Crippen molar-refractivity contribution in [1.82, 2.24) is 5.43 Å². The average Bonchev–Trinajstić information content (AvgIpc) is 2.93. The van der Waals surface area contributed by atoms with Crippen LogP contribution in [0, 0.1) is 6.92 Å². The van der Waals surface area contributed by atoms with Crippen LogP contribution in [0.2, 0.25) is 0 Å². The van der Waals surface area contributed by atoms with Gasteiger partial charge in [-0.3, -0.25) is 10.2 Å². The van der Waals surface area contributed by atoms with Gasteiger partial charge in [0.15, 0.2) is 10.9 Å². The Morgan fingerprint density at radius 2 is 2.12 bits per heavy atom. The minimum absolute atomic E-state index is 0.104. The van der Waals surface area contributed by atoms with Gasteiger partial charge in [-0.1, -0.05) is 12.1 Å². The molecule has 1 aromatic carbocycles. The first-order valence-corrected chi connectivity index (χ1v) is 8.98. The molecule has 0 saturated heterocycles. The summed E-state index contributed by atoms with van der Waals surface area (Å²) in [5.74, 6) is 0.774. The van der Waals surface area contributed by atoms with Crippen molar-refractivity contribution in [3.63, 3.8) is 0 Å². The number of carbonyl (C=O) groups is 1. The number of hydrogen-bond donors (Lipinski definition) is 3. The summed E-state index contributed by atoms with van der Waals surface area (Å²) in [6, 6.07) is 7.42. The third-order valence-corrected chi connectivity index (χ3v) is 4.74. The molecule has 2 aromatic rings. The smallest absolute Gasteiger partial charge is 0.291 e. The molecular formula is C17H17BrN4O2S. The number of amides is 1. The highest BCUT2D eigenvalue weighted by Gasteiger charge is 2.28. The van der Waals surface area contributed by atoms with E-state index in [0.29, 0.717) is 11.4 Å². The number of furan rings is 1. The molecule has 25 heavy (non-hydrogen) atoms. The zero-order valence-electron chi connectivity index (χ0n) is 13.6. The maximum atomic E-state index is 12.7. The minimum Gasteiger partial charge on any atom is -0.455 e. The Labute approximate surface area is 159 Å². The van der Waals surface area contributed by atoms with Gasteiger partial charge < -0.3 is 15.5 Å². The van der Waals surface area contributed by atoms with E-state index >= 15 is 0 Å². The zero-order valence-corrected chi connectivity index (χ0v) is 16.0. The lowest BCUT2D eigenvalue weighted by atomic mass is 9.93. The summed E-state index contributed by atoms with van der Waals surface area (Å²) in [4.78, 5) is 12.7. The lowest BCUT2D eigenvalue weighted by molar-refractivity contribution is 0.0994. The first-order valence-electron chi connectivity index (χ1n) is 7.78. The van der Waals surface area contributed by atoms with Crippen LogP contribution in [-0.2, 0) is 6.42 Å². The van der Waals surface area contributed by atoms with E-state index in [1.165, 1.54) is 0 Å². The van der Waals surface area contributed by atoms with Gasteiger partial charge in [-0.15, -0.1) is 0 Å². The summed E-state index contributed by atoms with van der Waals surface area (Å²) in [5, 5.41) is 7.23. The molecule has 0 fully saturated rings. The average molecular weight is 421 g/mol. The van der Waals surface area contributed by atoms with Gasteiger partial charge in [-0.25, -0.2) is 0 Å². The van der Waals surface area contributed by atoms with Gasteiger partial charge >= 0.3 is 0 Å². The fourth-order valence-corrected chi connectivity index (χ4v) is 3.29. The molecule has 1 aliphatic rings. The molecule has 0 aliphatic heterocycles. The number of hydrazone groups is 1. The van der Waals surface area contributed by atoms with E-state index < -0.39 is 0 Å². The Bertz CT molecular complexity index is 876. The Morgan fingerprint density at radius 1 is 1.36 bits per heavy atom. The Kier molecular flexibility index (Phi) is 5.19. The molecule has 3 rings (SSSR count). The predicted octanol–water partition coefficient (Wildman–Crippen LogP) is 3.48. The monoisotopic (exact) mass is 420 g/mol. The second kappa shape index (κ2) is 7.37. The van der Waals surface area contributed by atoms with Gasteiger partial charge in [0.25, 0.3) is 5.91 Å². The summed E-state index contributed by atoms with van der Waals surface area (Å²) in [7, 11) is 0. The highest BCUT2D eigenvalue weighted by molar-refractivity contribution is 9.10. The van der Waals surface area contributed by atoms with Crippen LogP contribution in [0.5, 0.6) is 0 Å². The normalized spacial score (nSPS) is 14.9. The van der Waals surface area contributed by atoms with Crippen molar-refractivity contribution < 1.29 is 9.21 Å². The van der Waals surface area contributed by atoms with E-state index in [1.807, 2.05) is 31.2 Å². The molecule has 1 heterocycles. The molecule has 1 aromatic heterocycles. The summed E-state index contributed by atoms with van der Waals surface area (Å²) < 4.78 is 6.65. The number of halogens is 1. The Hall–Kier alpha value is -2.19. The fraction of sp³-hybridized carbons (Fsp3) is 0.235. The first-order chi connectivity index (χ1) is 12.0. The van der Waals surface area contributed by atoms with Crippen molar-refractivity contribution in [2.45, 2.75) is 26.2 Å². The van der Waals surface area contributed by atoms with E-state index in [1.54, 1.807) is 0 Å². The SMILES string of the molecule is Cc1c(C(=O)Nc2ccccc2Br)oc2c1/C(=N/NC(N)=S)CCC2. The van der Waals surface area contributed by atoms with Crippen LogP contribution in [0.4, 0.5) is 5.69 Å². The van der Waals surface area contributed by atoms with E-state index in [2.05, 4.69) is 31.8 Å². The van der Waals surface area contributed by atoms with Crippen LogP contribution in [-0.4, -0.2) is 16.7 Å². The predicted molar refractivity (Wildman–Crippen MR) is 105 cm³/mol.